The standard InChI is InChI=1S/C15H29NO4/c1-13(2)12-19-10-8-16(7-6-15(17)18-3)11-14-5-4-9-20-14/h13-14H,4-12H2,1-3H3. The summed E-state index contributed by atoms with van der Waals surface area (Å²) in [6, 6.07) is 0. The van der Waals surface area contributed by atoms with Crippen molar-refractivity contribution >= 4 is 5.97 Å². The molecular weight excluding hydrogens is 258 g/mol. The number of esters is 1. The number of carbonyl (C=O) groups excluding carboxylic acids is 1. The summed E-state index contributed by atoms with van der Waals surface area (Å²) in [6.07, 6.45) is 2.98. The molecule has 118 valence electrons. The number of rotatable bonds is 10. The van der Waals surface area contributed by atoms with Crippen molar-refractivity contribution in [1.29, 1.82) is 0 Å². The molecule has 5 heteroatoms. The van der Waals surface area contributed by atoms with Crippen molar-refractivity contribution in [2.24, 2.45) is 5.92 Å². The topological polar surface area (TPSA) is 48.0 Å². The van der Waals surface area contributed by atoms with Crippen LogP contribution in [0.25, 0.3) is 0 Å². The zero-order valence-electron chi connectivity index (χ0n) is 13.1. The molecule has 0 amide bonds. The van der Waals surface area contributed by atoms with E-state index in [-0.39, 0.29) is 5.97 Å². The third-order valence-electron chi connectivity index (χ3n) is 3.35. The summed E-state index contributed by atoms with van der Waals surface area (Å²) in [4.78, 5) is 13.5. The molecule has 20 heavy (non-hydrogen) atoms. The van der Waals surface area contributed by atoms with Crippen molar-refractivity contribution in [2.45, 2.75) is 39.2 Å². The Hall–Kier alpha value is -0.650. The maximum absolute atomic E-state index is 11.3. The third-order valence-corrected chi connectivity index (χ3v) is 3.35. The molecule has 0 aromatic carbocycles. The van der Waals surface area contributed by atoms with Gasteiger partial charge < -0.3 is 14.2 Å². The van der Waals surface area contributed by atoms with Gasteiger partial charge in [0.1, 0.15) is 0 Å². The molecule has 0 saturated carbocycles. The molecule has 1 aliphatic rings. The predicted molar refractivity (Wildman–Crippen MR) is 77.7 cm³/mol. The van der Waals surface area contributed by atoms with Crippen molar-refractivity contribution in [3.8, 4) is 0 Å². The molecule has 1 saturated heterocycles. The molecule has 0 aromatic rings. The normalized spacial score (nSPS) is 18.9. The Bertz CT molecular complexity index is 265. The van der Waals surface area contributed by atoms with Gasteiger partial charge in [0.05, 0.1) is 26.2 Å². The molecular formula is C15H29NO4. The fourth-order valence-corrected chi connectivity index (χ4v) is 2.23. The molecule has 0 spiro atoms. The Morgan fingerprint density at radius 1 is 1.40 bits per heavy atom. The summed E-state index contributed by atoms with van der Waals surface area (Å²) in [6.45, 7) is 9.04. The number of ether oxygens (including phenoxy) is 3. The number of hydrogen-bond donors (Lipinski definition) is 0. The van der Waals surface area contributed by atoms with Crippen molar-refractivity contribution in [3.63, 3.8) is 0 Å². The minimum Gasteiger partial charge on any atom is -0.469 e. The van der Waals surface area contributed by atoms with Crippen LogP contribution in [0, 0.1) is 5.92 Å². The average molecular weight is 287 g/mol. The van der Waals surface area contributed by atoms with E-state index in [2.05, 4.69) is 18.7 Å². The van der Waals surface area contributed by atoms with Gasteiger partial charge >= 0.3 is 5.97 Å². The van der Waals surface area contributed by atoms with Crippen LogP contribution in [0.3, 0.4) is 0 Å². The van der Waals surface area contributed by atoms with Crippen LogP contribution in [0.2, 0.25) is 0 Å². The third kappa shape index (κ3) is 7.82. The lowest BCUT2D eigenvalue weighted by atomic mass is 10.2. The number of hydrogen-bond acceptors (Lipinski definition) is 5. The largest absolute Gasteiger partial charge is 0.469 e. The monoisotopic (exact) mass is 287 g/mol. The number of methoxy groups -OCH3 is 1. The lowest BCUT2D eigenvalue weighted by molar-refractivity contribution is -0.141. The summed E-state index contributed by atoms with van der Waals surface area (Å²) < 4.78 is 16.0. The van der Waals surface area contributed by atoms with Crippen molar-refractivity contribution in [1.82, 2.24) is 4.90 Å². The van der Waals surface area contributed by atoms with Gasteiger partial charge in [-0.25, -0.2) is 0 Å². The second kappa shape index (κ2) is 10.1. The Morgan fingerprint density at radius 2 is 2.20 bits per heavy atom. The van der Waals surface area contributed by atoms with E-state index in [0.29, 0.717) is 31.6 Å². The Morgan fingerprint density at radius 3 is 2.80 bits per heavy atom. The van der Waals surface area contributed by atoms with E-state index < -0.39 is 0 Å². The minimum atomic E-state index is -0.162. The van der Waals surface area contributed by atoms with Crippen LogP contribution in [-0.4, -0.2) is 63.5 Å². The molecule has 1 aliphatic heterocycles. The van der Waals surface area contributed by atoms with Gasteiger partial charge in [-0.15, -0.1) is 0 Å². The highest BCUT2D eigenvalue weighted by Crippen LogP contribution is 2.13. The fraction of sp³-hybridized carbons (Fsp3) is 0.933. The Kier molecular flexibility index (Phi) is 8.82. The zero-order chi connectivity index (χ0) is 14.8. The minimum absolute atomic E-state index is 0.162. The zero-order valence-corrected chi connectivity index (χ0v) is 13.1. The van der Waals surface area contributed by atoms with Gasteiger partial charge in [0.25, 0.3) is 0 Å². The predicted octanol–water partition coefficient (Wildman–Crippen LogP) is 1.70. The molecule has 1 unspecified atom stereocenters. The van der Waals surface area contributed by atoms with Gasteiger partial charge in [-0.2, -0.15) is 0 Å². The molecule has 5 nitrogen and oxygen atoms in total. The van der Waals surface area contributed by atoms with E-state index in [1.807, 2.05) is 0 Å². The van der Waals surface area contributed by atoms with Gasteiger partial charge in [0.15, 0.2) is 0 Å². The van der Waals surface area contributed by atoms with Gasteiger partial charge in [-0.3, -0.25) is 9.69 Å². The smallest absolute Gasteiger partial charge is 0.306 e. The first-order chi connectivity index (χ1) is 9.61. The van der Waals surface area contributed by atoms with Crippen molar-refractivity contribution < 1.29 is 19.0 Å². The van der Waals surface area contributed by atoms with Gasteiger partial charge in [-0.05, 0) is 18.8 Å². The van der Waals surface area contributed by atoms with E-state index in [4.69, 9.17) is 14.2 Å². The summed E-state index contributed by atoms with van der Waals surface area (Å²) >= 11 is 0. The van der Waals surface area contributed by atoms with Crippen molar-refractivity contribution in [2.75, 3.05) is 46.6 Å². The van der Waals surface area contributed by atoms with E-state index in [1.54, 1.807) is 0 Å². The fourth-order valence-electron chi connectivity index (χ4n) is 2.23. The second-order valence-corrected chi connectivity index (χ2v) is 5.73. The van der Waals surface area contributed by atoms with Crippen LogP contribution in [0.4, 0.5) is 0 Å². The van der Waals surface area contributed by atoms with E-state index in [0.717, 1.165) is 39.1 Å². The average Bonchev–Trinajstić information content (AvgIpc) is 2.92. The SMILES string of the molecule is COC(=O)CCN(CCOCC(C)C)CC1CCCO1. The maximum atomic E-state index is 11.3. The first-order valence-electron chi connectivity index (χ1n) is 7.60. The lowest BCUT2D eigenvalue weighted by Gasteiger charge is -2.24. The maximum Gasteiger partial charge on any atom is 0.306 e. The number of nitrogens with zero attached hydrogens (tertiary/aromatic N) is 1. The first kappa shape index (κ1) is 17.4. The summed E-state index contributed by atoms with van der Waals surface area (Å²) in [5.74, 6) is 0.391. The van der Waals surface area contributed by atoms with Gasteiger partial charge in [0.2, 0.25) is 0 Å². The van der Waals surface area contributed by atoms with Crippen LogP contribution in [0.5, 0.6) is 0 Å². The highest BCUT2D eigenvalue weighted by Gasteiger charge is 2.19. The molecule has 0 N–H and O–H groups in total. The van der Waals surface area contributed by atoms with Crippen LogP contribution >= 0.6 is 0 Å². The first-order valence-corrected chi connectivity index (χ1v) is 7.60. The molecule has 1 rings (SSSR count). The Balaban J connectivity index is 2.27. The van der Waals surface area contributed by atoms with Gasteiger partial charge in [0, 0.05) is 32.8 Å². The van der Waals surface area contributed by atoms with Crippen molar-refractivity contribution in [3.05, 3.63) is 0 Å². The van der Waals surface area contributed by atoms with E-state index >= 15 is 0 Å². The number of carbonyl (C=O) groups is 1. The summed E-state index contributed by atoms with van der Waals surface area (Å²) in [7, 11) is 1.43. The molecule has 0 radical (unpaired) electrons. The summed E-state index contributed by atoms with van der Waals surface area (Å²) in [5, 5.41) is 0. The second-order valence-electron chi connectivity index (χ2n) is 5.73. The molecule has 1 atom stereocenters. The van der Waals surface area contributed by atoms with Crippen LogP contribution in [-0.2, 0) is 19.0 Å². The Labute approximate surface area is 122 Å². The molecule has 1 heterocycles. The molecule has 0 aliphatic carbocycles. The molecule has 0 aromatic heterocycles. The highest BCUT2D eigenvalue weighted by molar-refractivity contribution is 5.69. The quantitative estimate of drug-likeness (QED) is 0.452. The lowest BCUT2D eigenvalue weighted by Crippen LogP contribution is -2.36. The highest BCUT2D eigenvalue weighted by atomic mass is 16.5. The van der Waals surface area contributed by atoms with Gasteiger partial charge in [-0.1, -0.05) is 13.8 Å². The molecule has 0 bridgehead atoms. The van der Waals surface area contributed by atoms with Crippen LogP contribution in [0.15, 0.2) is 0 Å². The molecule has 1 fully saturated rings. The summed E-state index contributed by atoms with van der Waals surface area (Å²) in [5.41, 5.74) is 0. The van der Waals surface area contributed by atoms with E-state index in [9.17, 15) is 4.79 Å². The van der Waals surface area contributed by atoms with Crippen LogP contribution in [0.1, 0.15) is 33.1 Å². The van der Waals surface area contributed by atoms with Crippen LogP contribution < -0.4 is 0 Å². The van der Waals surface area contributed by atoms with E-state index in [1.165, 1.54) is 7.11 Å².